The summed E-state index contributed by atoms with van der Waals surface area (Å²) in [5.74, 6) is 1.12. The van der Waals surface area contributed by atoms with Crippen LogP contribution in [0.3, 0.4) is 0 Å². The maximum Gasteiger partial charge on any atom is 0.213 e. The standard InChI is InChI=1S/C14H26N6O2S.HI/c1-15-14(17-11-13-6-7-18-20(13)2)16-8-9-23(21,22)19-10-12-4-3-5-12;/h6-7,12,19H,3-5,8-11H2,1-2H3,(H2,15,16,17);1H. The molecule has 10 heteroatoms. The molecule has 0 radical (unpaired) electrons. The third kappa shape index (κ3) is 6.93. The molecule has 8 nitrogen and oxygen atoms in total. The van der Waals surface area contributed by atoms with Gasteiger partial charge in [0.15, 0.2) is 5.96 Å². The highest BCUT2D eigenvalue weighted by atomic mass is 127. The van der Waals surface area contributed by atoms with E-state index in [4.69, 9.17) is 0 Å². The zero-order valence-corrected chi connectivity index (χ0v) is 17.3. The fraction of sp³-hybridized carbons (Fsp3) is 0.714. The first-order chi connectivity index (χ1) is 11.0. The van der Waals surface area contributed by atoms with E-state index in [0.29, 0.717) is 31.5 Å². The smallest absolute Gasteiger partial charge is 0.213 e. The predicted octanol–water partition coefficient (Wildman–Crippen LogP) is 0.423. The maximum atomic E-state index is 11.9. The van der Waals surface area contributed by atoms with Crippen molar-refractivity contribution in [3.05, 3.63) is 18.0 Å². The molecular weight excluding hydrogens is 443 g/mol. The molecule has 0 spiro atoms. The van der Waals surface area contributed by atoms with E-state index in [0.717, 1.165) is 18.5 Å². The second-order valence-electron chi connectivity index (χ2n) is 5.76. The second-order valence-corrected chi connectivity index (χ2v) is 7.69. The van der Waals surface area contributed by atoms with Gasteiger partial charge in [0, 0.05) is 33.4 Å². The van der Waals surface area contributed by atoms with Crippen LogP contribution in [0.25, 0.3) is 0 Å². The minimum atomic E-state index is -3.23. The minimum Gasteiger partial charge on any atom is -0.355 e. The van der Waals surface area contributed by atoms with Gasteiger partial charge in [0.25, 0.3) is 0 Å². The molecule has 24 heavy (non-hydrogen) atoms. The molecule has 0 bridgehead atoms. The first-order valence-corrected chi connectivity index (χ1v) is 9.54. The lowest BCUT2D eigenvalue weighted by atomic mass is 9.86. The van der Waals surface area contributed by atoms with Crippen molar-refractivity contribution in [1.82, 2.24) is 25.1 Å². The van der Waals surface area contributed by atoms with Crippen LogP contribution in [0.4, 0.5) is 0 Å². The van der Waals surface area contributed by atoms with Crippen LogP contribution in [0.15, 0.2) is 17.3 Å². The molecule has 0 amide bonds. The van der Waals surface area contributed by atoms with Crippen molar-refractivity contribution in [2.24, 2.45) is 18.0 Å². The molecule has 2 rings (SSSR count). The number of nitrogens with zero attached hydrogens (tertiary/aromatic N) is 3. The SMILES string of the molecule is CN=C(NCCS(=O)(=O)NCC1CCC1)NCc1ccnn1C.I. The number of aliphatic imine (C=N–C) groups is 1. The van der Waals surface area contributed by atoms with Gasteiger partial charge in [-0.2, -0.15) is 5.10 Å². The van der Waals surface area contributed by atoms with Crippen LogP contribution in [0.1, 0.15) is 25.0 Å². The summed E-state index contributed by atoms with van der Waals surface area (Å²) in [7, 11) is 0.292. The van der Waals surface area contributed by atoms with E-state index in [2.05, 4.69) is 25.4 Å². The van der Waals surface area contributed by atoms with Crippen molar-refractivity contribution in [3.63, 3.8) is 0 Å². The van der Waals surface area contributed by atoms with Gasteiger partial charge in [0.1, 0.15) is 0 Å². The highest BCUT2D eigenvalue weighted by Gasteiger charge is 2.20. The molecule has 1 aromatic heterocycles. The molecule has 0 saturated heterocycles. The van der Waals surface area contributed by atoms with E-state index in [-0.39, 0.29) is 29.7 Å². The van der Waals surface area contributed by atoms with E-state index in [1.165, 1.54) is 6.42 Å². The summed E-state index contributed by atoms with van der Waals surface area (Å²) in [6.07, 6.45) is 5.21. The van der Waals surface area contributed by atoms with Crippen LogP contribution in [0, 0.1) is 5.92 Å². The zero-order valence-electron chi connectivity index (χ0n) is 14.2. The maximum absolute atomic E-state index is 11.9. The Bertz CT molecular complexity index is 627. The van der Waals surface area contributed by atoms with Gasteiger partial charge in [0.2, 0.25) is 10.0 Å². The Morgan fingerprint density at radius 2 is 2.17 bits per heavy atom. The van der Waals surface area contributed by atoms with E-state index in [1.807, 2.05) is 13.1 Å². The number of nitrogens with one attached hydrogen (secondary N) is 3. The number of rotatable bonds is 8. The molecule has 0 aromatic carbocycles. The van der Waals surface area contributed by atoms with Gasteiger partial charge in [0.05, 0.1) is 18.0 Å². The summed E-state index contributed by atoms with van der Waals surface area (Å²) in [5.41, 5.74) is 1.02. The summed E-state index contributed by atoms with van der Waals surface area (Å²) in [6.45, 7) is 1.45. The Morgan fingerprint density at radius 3 is 2.71 bits per heavy atom. The van der Waals surface area contributed by atoms with Gasteiger partial charge in [-0.1, -0.05) is 6.42 Å². The van der Waals surface area contributed by atoms with E-state index < -0.39 is 10.0 Å². The van der Waals surface area contributed by atoms with Crippen LogP contribution in [-0.4, -0.2) is 50.0 Å². The number of sulfonamides is 1. The molecule has 1 saturated carbocycles. The summed E-state index contributed by atoms with van der Waals surface area (Å²) < 4.78 is 28.3. The molecule has 1 aliphatic carbocycles. The Labute approximate surface area is 160 Å². The van der Waals surface area contributed by atoms with Gasteiger partial charge < -0.3 is 10.6 Å². The fourth-order valence-corrected chi connectivity index (χ4v) is 3.29. The average Bonchev–Trinajstić information content (AvgIpc) is 2.86. The van der Waals surface area contributed by atoms with Crippen molar-refractivity contribution in [2.75, 3.05) is 25.9 Å². The third-order valence-electron chi connectivity index (χ3n) is 4.06. The van der Waals surface area contributed by atoms with E-state index in [9.17, 15) is 8.42 Å². The van der Waals surface area contributed by atoms with E-state index in [1.54, 1.807) is 17.9 Å². The Kier molecular flexibility index (Phi) is 8.98. The topological polar surface area (TPSA) is 100 Å². The van der Waals surface area contributed by atoms with E-state index >= 15 is 0 Å². The Hall–Kier alpha value is -0.880. The summed E-state index contributed by atoms with van der Waals surface area (Å²) in [4.78, 5) is 4.08. The number of halogens is 1. The molecule has 138 valence electrons. The van der Waals surface area contributed by atoms with Crippen molar-refractivity contribution >= 4 is 40.0 Å². The number of hydrogen-bond acceptors (Lipinski definition) is 4. The molecule has 1 aliphatic rings. The average molecular weight is 470 g/mol. The predicted molar refractivity (Wildman–Crippen MR) is 106 cm³/mol. The lowest BCUT2D eigenvalue weighted by Crippen LogP contribution is -2.41. The number of aromatic nitrogens is 2. The number of aryl methyl sites for hydroxylation is 1. The fourth-order valence-electron chi connectivity index (χ4n) is 2.29. The zero-order chi connectivity index (χ0) is 16.7. The molecule has 0 aliphatic heterocycles. The molecular formula is C14H27IN6O2S. The van der Waals surface area contributed by atoms with Crippen molar-refractivity contribution in [2.45, 2.75) is 25.8 Å². The van der Waals surface area contributed by atoms with Crippen LogP contribution in [-0.2, 0) is 23.6 Å². The third-order valence-corrected chi connectivity index (χ3v) is 5.41. The largest absolute Gasteiger partial charge is 0.355 e. The summed E-state index contributed by atoms with van der Waals surface area (Å²) >= 11 is 0. The molecule has 3 N–H and O–H groups in total. The van der Waals surface area contributed by atoms with Crippen LogP contribution < -0.4 is 15.4 Å². The lowest BCUT2D eigenvalue weighted by molar-refractivity contribution is 0.316. The number of guanidine groups is 1. The lowest BCUT2D eigenvalue weighted by Gasteiger charge is -2.25. The Morgan fingerprint density at radius 1 is 1.42 bits per heavy atom. The molecule has 1 fully saturated rings. The molecule has 1 aromatic rings. The van der Waals surface area contributed by atoms with Crippen molar-refractivity contribution in [3.8, 4) is 0 Å². The minimum absolute atomic E-state index is 0. The second kappa shape index (κ2) is 10.2. The quantitative estimate of drug-likeness (QED) is 0.291. The van der Waals surface area contributed by atoms with Crippen molar-refractivity contribution < 1.29 is 8.42 Å². The first kappa shape index (κ1) is 21.2. The molecule has 0 unspecified atom stereocenters. The molecule has 0 atom stereocenters. The van der Waals surface area contributed by atoms with Crippen LogP contribution in [0.5, 0.6) is 0 Å². The van der Waals surface area contributed by atoms with Gasteiger partial charge in [-0.15, -0.1) is 24.0 Å². The van der Waals surface area contributed by atoms with Gasteiger partial charge >= 0.3 is 0 Å². The monoisotopic (exact) mass is 470 g/mol. The summed E-state index contributed by atoms with van der Waals surface area (Å²) in [6, 6.07) is 1.91. The van der Waals surface area contributed by atoms with Gasteiger partial charge in [-0.05, 0) is 24.8 Å². The van der Waals surface area contributed by atoms with Gasteiger partial charge in [-0.3, -0.25) is 9.67 Å². The van der Waals surface area contributed by atoms with Crippen LogP contribution >= 0.6 is 24.0 Å². The highest BCUT2D eigenvalue weighted by Crippen LogP contribution is 2.25. The number of hydrogen-bond donors (Lipinski definition) is 3. The first-order valence-electron chi connectivity index (χ1n) is 7.89. The summed E-state index contributed by atoms with van der Waals surface area (Å²) in [5, 5.41) is 10.2. The normalized spacial score (nSPS) is 15.5. The van der Waals surface area contributed by atoms with Crippen molar-refractivity contribution in [1.29, 1.82) is 0 Å². The van der Waals surface area contributed by atoms with Crippen LogP contribution in [0.2, 0.25) is 0 Å². The Balaban J connectivity index is 0.00000288. The van der Waals surface area contributed by atoms with Gasteiger partial charge in [-0.25, -0.2) is 13.1 Å². The molecule has 1 heterocycles. The highest BCUT2D eigenvalue weighted by molar-refractivity contribution is 14.0.